The number of aryl methyl sites for hydroxylation is 1. The number of hydrogen-bond donors (Lipinski definition) is 0. The highest BCUT2D eigenvalue weighted by Gasteiger charge is 2.01. The normalized spacial score (nSPS) is 8.62. The minimum absolute atomic E-state index is 0.133. The highest BCUT2D eigenvalue weighted by molar-refractivity contribution is 9.09. The molecule has 0 atom stereocenters. The van der Waals surface area contributed by atoms with E-state index in [2.05, 4.69) is 15.9 Å². The van der Waals surface area contributed by atoms with Gasteiger partial charge >= 0.3 is 0 Å². The van der Waals surface area contributed by atoms with Crippen LogP contribution in [0, 0.1) is 6.92 Å². The second kappa shape index (κ2) is 6.84. The molecule has 1 aromatic carbocycles. The molecule has 13 heavy (non-hydrogen) atoms. The molecule has 0 amide bonds. The Hall–Kier alpha value is -0.630. The van der Waals surface area contributed by atoms with E-state index in [1.807, 2.05) is 45.0 Å². The van der Waals surface area contributed by atoms with Crippen LogP contribution >= 0.6 is 15.9 Å². The number of carbonyl (C=O) groups is 1. The van der Waals surface area contributed by atoms with Crippen molar-refractivity contribution >= 4 is 21.7 Å². The quantitative estimate of drug-likeness (QED) is 0.573. The maximum Gasteiger partial charge on any atom is 0.173 e. The van der Waals surface area contributed by atoms with E-state index in [0.29, 0.717) is 5.33 Å². The van der Waals surface area contributed by atoms with Gasteiger partial charge < -0.3 is 0 Å². The first kappa shape index (κ1) is 12.4. The lowest BCUT2D eigenvalue weighted by molar-refractivity contribution is 0.102. The molecular weight excluding hydrogens is 228 g/mol. The number of carbonyl (C=O) groups excluding carboxylic acids is 1. The molecule has 0 fully saturated rings. The largest absolute Gasteiger partial charge is 0.293 e. The number of hydrogen-bond acceptors (Lipinski definition) is 1. The molecule has 0 N–H and O–H groups in total. The van der Waals surface area contributed by atoms with Gasteiger partial charge in [0.25, 0.3) is 0 Å². The first-order valence-electron chi connectivity index (χ1n) is 4.40. The van der Waals surface area contributed by atoms with E-state index in [4.69, 9.17) is 0 Å². The van der Waals surface area contributed by atoms with Crippen LogP contribution in [0.5, 0.6) is 0 Å². The topological polar surface area (TPSA) is 17.1 Å². The summed E-state index contributed by atoms with van der Waals surface area (Å²) in [4.78, 5) is 11.1. The van der Waals surface area contributed by atoms with Crippen molar-refractivity contribution < 1.29 is 4.79 Å². The van der Waals surface area contributed by atoms with Crippen molar-refractivity contribution in [2.75, 3.05) is 5.33 Å². The molecule has 2 heteroatoms. The first-order valence-corrected chi connectivity index (χ1v) is 5.52. The Morgan fingerprint density at radius 2 is 2.00 bits per heavy atom. The lowest BCUT2D eigenvalue weighted by Crippen LogP contribution is -1.99. The average Bonchev–Trinajstić information content (AvgIpc) is 2.20. The summed E-state index contributed by atoms with van der Waals surface area (Å²) < 4.78 is 0. The zero-order valence-corrected chi connectivity index (χ0v) is 9.89. The van der Waals surface area contributed by atoms with Crippen molar-refractivity contribution in [3.63, 3.8) is 0 Å². The molecule has 72 valence electrons. The summed E-state index contributed by atoms with van der Waals surface area (Å²) in [6.07, 6.45) is 0. The van der Waals surface area contributed by atoms with Crippen LogP contribution in [0.4, 0.5) is 0 Å². The standard InChI is InChI=1S/C9H9BrO.C2H6/c1-7-3-2-4-8(5-7)9(11)6-10;1-2/h2-5H,6H2,1H3;1-2H3. The van der Waals surface area contributed by atoms with Gasteiger partial charge in [-0.15, -0.1) is 0 Å². The second-order valence-electron chi connectivity index (χ2n) is 2.43. The summed E-state index contributed by atoms with van der Waals surface area (Å²) in [7, 11) is 0. The summed E-state index contributed by atoms with van der Waals surface area (Å²) in [5.41, 5.74) is 1.90. The van der Waals surface area contributed by atoms with Crippen LogP contribution < -0.4 is 0 Å². The van der Waals surface area contributed by atoms with Crippen LogP contribution in [0.15, 0.2) is 24.3 Å². The minimum atomic E-state index is 0.133. The van der Waals surface area contributed by atoms with Crippen molar-refractivity contribution in [2.45, 2.75) is 20.8 Å². The molecule has 0 aromatic heterocycles. The average molecular weight is 243 g/mol. The molecule has 0 aliphatic heterocycles. The Labute approximate surface area is 88.3 Å². The molecule has 1 aromatic rings. The van der Waals surface area contributed by atoms with E-state index >= 15 is 0 Å². The first-order chi connectivity index (χ1) is 6.24. The van der Waals surface area contributed by atoms with Gasteiger partial charge in [-0.05, 0) is 13.0 Å². The predicted molar refractivity (Wildman–Crippen MR) is 60.7 cm³/mol. The van der Waals surface area contributed by atoms with E-state index in [-0.39, 0.29) is 5.78 Å². The van der Waals surface area contributed by atoms with Gasteiger partial charge in [0.05, 0.1) is 5.33 Å². The molecule has 0 heterocycles. The second-order valence-corrected chi connectivity index (χ2v) is 2.99. The Balaban J connectivity index is 0.000000671. The van der Waals surface area contributed by atoms with Gasteiger partial charge in [0.15, 0.2) is 5.78 Å². The maximum atomic E-state index is 11.1. The van der Waals surface area contributed by atoms with Crippen molar-refractivity contribution in [3.05, 3.63) is 35.4 Å². The number of benzene rings is 1. The number of rotatable bonds is 2. The fraction of sp³-hybridized carbons (Fsp3) is 0.364. The van der Waals surface area contributed by atoms with Gasteiger partial charge in [-0.3, -0.25) is 4.79 Å². The van der Waals surface area contributed by atoms with Crippen LogP contribution in [0.1, 0.15) is 29.8 Å². The molecule has 0 aliphatic carbocycles. The van der Waals surface area contributed by atoms with Gasteiger partial charge in [-0.1, -0.05) is 53.5 Å². The van der Waals surface area contributed by atoms with Crippen molar-refractivity contribution in [3.8, 4) is 0 Å². The zero-order chi connectivity index (χ0) is 10.3. The summed E-state index contributed by atoms with van der Waals surface area (Å²) >= 11 is 3.13. The summed E-state index contributed by atoms with van der Waals surface area (Å²) in [6, 6.07) is 7.59. The van der Waals surface area contributed by atoms with Gasteiger partial charge in [-0.25, -0.2) is 0 Å². The lowest BCUT2D eigenvalue weighted by atomic mass is 10.1. The molecule has 0 aliphatic rings. The molecular formula is C11H15BrO. The summed E-state index contributed by atoms with van der Waals surface area (Å²) in [6.45, 7) is 5.98. The van der Waals surface area contributed by atoms with Crippen LogP contribution in [0.2, 0.25) is 0 Å². The van der Waals surface area contributed by atoms with E-state index in [1.165, 1.54) is 0 Å². The third-order valence-corrected chi connectivity index (χ3v) is 1.97. The van der Waals surface area contributed by atoms with Gasteiger partial charge in [0.1, 0.15) is 0 Å². The SMILES string of the molecule is CC.Cc1cccc(C(=O)CBr)c1. The van der Waals surface area contributed by atoms with Crippen LogP contribution in [0.3, 0.4) is 0 Å². The maximum absolute atomic E-state index is 11.1. The van der Waals surface area contributed by atoms with Crippen LogP contribution in [-0.2, 0) is 0 Å². The Kier molecular flexibility index (Phi) is 6.51. The van der Waals surface area contributed by atoms with E-state index < -0.39 is 0 Å². The Bertz CT molecular complexity index is 269. The third kappa shape index (κ3) is 4.23. The fourth-order valence-electron chi connectivity index (χ4n) is 0.896. The fourth-order valence-corrected chi connectivity index (χ4v) is 1.22. The summed E-state index contributed by atoms with van der Waals surface area (Å²) in [5.74, 6) is 0.133. The van der Waals surface area contributed by atoms with Crippen molar-refractivity contribution in [1.29, 1.82) is 0 Å². The molecule has 0 saturated carbocycles. The minimum Gasteiger partial charge on any atom is -0.293 e. The highest BCUT2D eigenvalue weighted by atomic mass is 79.9. The van der Waals surface area contributed by atoms with E-state index in [1.54, 1.807) is 0 Å². The van der Waals surface area contributed by atoms with Gasteiger partial charge in [-0.2, -0.15) is 0 Å². The highest BCUT2D eigenvalue weighted by Crippen LogP contribution is 2.05. The molecule has 0 radical (unpaired) electrons. The number of Topliss-reactive ketones (excluding diaryl/α,β-unsaturated/α-hetero) is 1. The molecule has 0 bridgehead atoms. The smallest absolute Gasteiger partial charge is 0.173 e. The van der Waals surface area contributed by atoms with Gasteiger partial charge in [0, 0.05) is 5.56 Å². The Morgan fingerprint density at radius 1 is 1.38 bits per heavy atom. The van der Waals surface area contributed by atoms with Crippen LogP contribution in [0.25, 0.3) is 0 Å². The Morgan fingerprint density at radius 3 is 2.46 bits per heavy atom. The molecule has 0 unspecified atom stereocenters. The predicted octanol–water partition coefficient (Wildman–Crippen LogP) is 3.60. The molecule has 0 spiro atoms. The number of alkyl halides is 1. The monoisotopic (exact) mass is 242 g/mol. The van der Waals surface area contributed by atoms with E-state index in [0.717, 1.165) is 11.1 Å². The molecule has 0 saturated heterocycles. The third-order valence-electron chi connectivity index (χ3n) is 1.46. The van der Waals surface area contributed by atoms with Crippen molar-refractivity contribution in [2.24, 2.45) is 0 Å². The van der Waals surface area contributed by atoms with Crippen LogP contribution in [-0.4, -0.2) is 11.1 Å². The molecule has 1 nitrogen and oxygen atoms in total. The van der Waals surface area contributed by atoms with E-state index in [9.17, 15) is 4.79 Å². The van der Waals surface area contributed by atoms with Gasteiger partial charge in [0.2, 0.25) is 0 Å². The molecule has 1 rings (SSSR count). The summed E-state index contributed by atoms with van der Waals surface area (Å²) in [5, 5.41) is 0.399. The lowest BCUT2D eigenvalue weighted by Gasteiger charge is -1.96. The van der Waals surface area contributed by atoms with Crippen molar-refractivity contribution in [1.82, 2.24) is 0 Å². The number of ketones is 1. The zero-order valence-electron chi connectivity index (χ0n) is 8.30. The number of halogens is 1.